The molecule has 3 N–H and O–H groups in total. The van der Waals surface area contributed by atoms with Gasteiger partial charge in [-0.15, -0.1) is 0 Å². The molecule has 1 amide bonds. The van der Waals surface area contributed by atoms with Gasteiger partial charge in [-0.05, 0) is 33.1 Å². The highest BCUT2D eigenvalue weighted by Crippen LogP contribution is 2.18. The maximum atomic E-state index is 11.8. The Morgan fingerprint density at radius 2 is 2.22 bits per heavy atom. The average molecular weight is 256 g/mol. The van der Waals surface area contributed by atoms with Gasteiger partial charge in [0.25, 0.3) is 0 Å². The van der Waals surface area contributed by atoms with Crippen molar-refractivity contribution in [2.45, 2.75) is 32.8 Å². The van der Waals surface area contributed by atoms with E-state index in [2.05, 4.69) is 10.3 Å². The van der Waals surface area contributed by atoms with Crippen molar-refractivity contribution in [2.75, 3.05) is 26.7 Å². The van der Waals surface area contributed by atoms with Gasteiger partial charge in [0.05, 0.1) is 0 Å². The Morgan fingerprint density at radius 3 is 2.78 bits per heavy atom. The van der Waals surface area contributed by atoms with Crippen molar-refractivity contribution in [1.29, 1.82) is 0 Å². The number of likely N-dealkylation sites (tertiary alicyclic amines) is 1. The average Bonchev–Trinajstić information content (AvgIpc) is 2.72. The van der Waals surface area contributed by atoms with Crippen LogP contribution in [0.5, 0.6) is 0 Å². The number of nitrogens with zero attached hydrogens (tertiary/aromatic N) is 2. The predicted octanol–water partition coefficient (Wildman–Crippen LogP) is 0.778. The molecule has 0 radical (unpaired) electrons. The third-order valence-electron chi connectivity index (χ3n) is 2.75. The smallest absolute Gasteiger partial charge is 0.410 e. The molecule has 1 rings (SSSR count). The van der Waals surface area contributed by atoms with Gasteiger partial charge in [-0.3, -0.25) is 4.99 Å². The van der Waals surface area contributed by atoms with Crippen LogP contribution in [-0.2, 0) is 4.74 Å². The standard InChI is InChI=1S/C12H24N4O2/c1-12(2,3)18-11(17)16-6-5-9(8-16)7-15-10(13)14-4/h9H,5-8H2,1-4H3,(H3,13,14,15). The molecule has 1 aliphatic rings. The number of carbonyl (C=O) groups excluding carboxylic acids is 1. The number of nitrogens with two attached hydrogens (primary N) is 1. The van der Waals surface area contributed by atoms with Gasteiger partial charge >= 0.3 is 6.09 Å². The first-order valence-corrected chi connectivity index (χ1v) is 6.26. The summed E-state index contributed by atoms with van der Waals surface area (Å²) in [6.07, 6.45) is 0.727. The van der Waals surface area contributed by atoms with E-state index in [9.17, 15) is 4.79 Å². The molecule has 0 aromatic heterocycles. The van der Waals surface area contributed by atoms with Crippen LogP contribution in [0.2, 0.25) is 0 Å². The van der Waals surface area contributed by atoms with Gasteiger partial charge in [0, 0.05) is 26.7 Å². The van der Waals surface area contributed by atoms with Crippen LogP contribution in [0.1, 0.15) is 27.2 Å². The summed E-state index contributed by atoms with van der Waals surface area (Å²) in [5.74, 6) is 0.837. The van der Waals surface area contributed by atoms with Crippen LogP contribution < -0.4 is 11.1 Å². The molecule has 0 aromatic carbocycles. The van der Waals surface area contributed by atoms with E-state index in [1.165, 1.54) is 0 Å². The molecular formula is C12H24N4O2. The first-order chi connectivity index (χ1) is 8.31. The summed E-state index contributed by atoms with van der Waals surface area (Å²) in [6, 6.07) is 0. The second-order valence-electron chi connectivity index (χ2n) is 5.57. The number of rotatable bonds is 2. The summed E-state index contributed by atoms with van der Waals surface area (Å²) in [7, 11) is 1.64. The lowest BCUT2D eigenvalue weighted by Crippen LogP contribution is -2.38. The zero-order valence-electron chi connectivity index (χ0n) is 11.7. The zero-order valence-corrected chi connectivity index (χ0v) is 11.7. The molecule has 0 bridgehead atoms. The number of aliphatic imine (C=N–C) groups is 1. The molecule has 6 nitrogen and oxygen atoms in total. The van der Waals surface area contributed by atoms with E-state index in [1.54, 1.807) is 11.9 Å². The fourth-order valence-electron chi connectivity index (χ4n) is 1.82. The molecule has 1 aliphatic heterocycles. The molecule has 6 heteroatoms. The van der Waals surface area contributed by atoms with E-state index in [0.29, 0.717) is 18.4 Å². The number of amides is 1. The zero-order chi connectivity index (χ0) is 13.8. The van der Waals surface area contributed by atoms with Gasteiger partial charge < -0.3 is 20.7 Å². The highest BCUT2D eigenvalue weighted by atomic mass is 16.6. The Kier molecular flexibility index (Phi) is 4.81. The molecule has 1 heterocycles. The van der Waals surface area contributed by atoms with Crippen LogP contribution in [0.3, 0.4) is 0 Å². The van der Waals surface area contributed by atoms with E-state index >= 15 is 0 Å². The highest BCUT2D eigenvalue weighted by Gasteiger charge is 2.29. The maximum Gasteiger partial charge on any atom is 0.410 e. The van der Waals surface area contributed by atoms with Gasteiger partial charge in [-0.2, -0.15) is 0 Å². The number of nitrogens with one attached hydrogen (secondary N) is 1. The third-order valence-corrected chi connectivity index (χ3v) is 2.75. The fourth-order valence-corrected chi connectivity index (χ4v) is 1.82. The van der Waals surface area contributed by atoms with Crippen LogP contribution in [0.15, 0.2) is 4.99 Å². The SMILES string of the molecule is CN=C(N)NCC1CCN(C(=O)OC(C)(C)C)C1. The van der Waals surface area contributed by atoms with E-state index in [0.717, 1.165) is 19.5 Å². The molecule has 1 atom stereocenters. The lowest BCUT2D eigenvalue weighted by Gasteiger charge is -2.24. The van der Waals surface area contributed by atoms with E-state index in [1.807, 2.05) is 20.8 Å². The number of guanidine groups is 1. The Hall–Kier alpha value is -1.46. The summed E-state index contributed by atoms with van der Waals surface area (Å²) in [4.78, 5) is 17.4. The first kappa shape index (κ1) is 14.6. The lowest BCUT2D eigenvalue weighted by molar-refractivity contribution is 0.0288. The highest BCUT2D eigenvalue weighted by molar-refractivity contribution is 5.77. The van der Waals surface area contributed by atoms with E-state index in [4.69, 9.17) is 10.5 Å². The fraction of sp³-hybridized carbons (Fsp3) is 0.833. The molecule has 0 aromatic rings. The second-order valence-corrected chi connectivity index (χ2v) is 5.57. The number of ether oxygens (including phenoxy) is 1. The summed E-state index contributed by atoms with van der Waals surface area (Å²) in [6.45, 7) is 7.81. The Labute approximate surface area is 109 Å². The number of hydrogen-bond acceptors (Lipinski definition) is 3. The van der Waals surface area contributed by atoms with E-state index < -0.39 is 5.60 Å². The van der Waals surface area contributed by atoms with Crippen LogP contribution in [0.25, 0.3) is 0 Å². The summed E-state index contributed by atoms with van der Waals surface area (Å²) in [5.41, 5.74) is 5.12. The predicted molar refractivity (Wildman–Crippen MR) is 71.5 cm³/mol. The Bertz CT molecular complexity index is 323. The molecule has 18 heavy (non-hydrogen) atoms. The van der Waals surface area contributed by atoms with Crippen molar-refractivity contribution in [3.8, 4) is 0 Å². The largest absolute Gasteiger partial charge is 0.444 e. The van der Waals surface area contributed by atoms with Crippen molar-refractivity contribution in [2.24, 2.45) is 16.6 Å². The summed E-state index contributed by atoms with van der Waals surface area (Å²) >= 11 is 0. The van der Waals surface area contributed by atoms with Crippen LogP contribution in [0, 0.1) is 5.92 Å². The Balaban J connectivity index is 2.35. The monoisotopic (exact) mass is 256 g/mol. The van der Waals surface area contributed by atoms with Gasteiger partial charge in [0.2, 0.25) is 0 Å². The normalized spacial score (nSPS) is 21.0. The van der Waals surface area contributed by atoms with Crippen molar-refractivity contribution >= 4 is 12.1 Å². The van der Waals surface area contributed by atoms with Crippen molar-refractivity contribution in [1.82, 2.24) is 10.2 Å². The van der Waals surface area contributed by atoms with Crippen LogP contribution in [0.4, 0.5) is 4.79 Å². The Morgan fingerprint density at radius 1 is 1.56 bits per heavy atom. The van der Waals surface area contributed by atoms with Crippen molar-refractivity contribution < 1.29 is 9.53 Å². The van der Waals surface area contributed by atoms with E-state index in [-0.39, 0.29) is 6.09 Å². The molecular weight excluding hydrogens is 232 g/mol. The third kappa shape index (κ3) is 4.81. The quantitative estimate of drug-likeness (QED) is 0.565. The minimum absolute atomic E-state index is 0.234. The van der Waals surface area contributed by atoms with Gasteiger partial charge in [-0.1, -0.05) is 0 Å². The molecule has 1 unspecified atom stereocenters. The number of carbonyl (C=O) groups is 1. The maximum absolute atomic E-state index is 11.8. The van der Waals surface area contributed by atoms with Gasteiger partial charge in [0.15, 0.2) is 5.96 Å². The lowest BCUT2D eigenvalue weighted by atomic mass is 10.1. The minimum atomic E-state index is -0.438. The number of hydrogen-bond donors (Lipinski definition) is 2. The molecule has 104 valence electrons. The molecule has 0 aliphatic carbocycles. The molecule has 1 fully saturated rings. The molecule has 1 saturated heterocycles. The van der Waals surface area contributed by atoms with Crippen molar-refractivity contribution in [3.63, 3.8) is 0 Å². The van der Waals surface area contributed by atoms with Gasteiger partial charge in [0.1, 0.15) is 5.60 Å². The second kappa shape index (κ2) is 5.93. The van der Waals surface area contributed by atoms with Gasteiger partial charge in [-0.25, -0.2) is 4.79 Å². The molecule has 0 spiro atoms. The summed E-state index contributed by atoms with van der Waals surface area (Å²) < 4.78 is 5.33. The minimum Gasteiger partial charge on any atom is -0.444 e. The first-order valence-electron chi connectivity index (χ1n) is 6.26. The van der Waals surface area contributed by atoms with Crippen LogP contribution in [-0.4, -0.2) is 49.2 Å². The summed E-state index contributed by atoms with van der Waals surface area (Å²) in [5, 5.41) is 3.03. The molecule has 0 saturated carbocycles. The topological polar surface area (TPSA) is 80.0 Å². The van der Waals surface area contributed by atoms with Crippen molar-refractivity contribution in [3.05, 3.63) is 0 Å². The van der Waals surface area contributed by atoms with Crippen LogP contribution >= 0.6 is 0 Å².